The van der Waals surface area contributed by atoms with E-state index in [0.29, 0.717) is 0 Å². The molecule has 0 fully saturated rings. The second-order valence-corrected chi connectivity index (χ2v) is 4.55. The van der Waals surface area contributed by atoms with E-state index in [9.17, 15) is 23.1 Å². The van der Waals surface area contributed by atoms with Crippen molar-refractivity contribution in [1.29, 1.82) is 0 Å². The lowest BCUT2D eigenvalue weighted by molar-refractivity contribution is -0.137. The van der Waals surface area contributed by atoms with Crippen LogP contribution in [0.2, 0.25) is 0 Å². The Hall–Kier alpha value is -2.70. The monoisotopic (exact) mass is 311 g/mol. The highest BCUT2D eigenvalue weighted by atomic mass is 19.4. The molecule has 2 aromatic carbocycles. The smallest absolute Gasteiger partial charge is 0.416 e. The zero-order chi connectivity index (χ0) is 16.3. The van der Waals surface area contributed by atoms with Crippen LogP contribution in [0.3, 0.4) is 0 Å². The number of aromatic carboxylic acids is 1. The standard InChI is InChI=1S/C15H12F3NO3/c16-15(17,18)10-4-2-5-11(7-10)19-8-9-3-1-6-12(13(9)20)14(21)22/h1-7,19-20H,8H2,(H,21,22). The fraction of sp³-hybridized carbons (Fsp3) is 0.133. The Kier molecular flexibility index (Phi) is 4.25. The molecule has 0 aliphatic rings. The van der Waals surface area contributed by atoms with Crippen molar-refractivity contribution in [3.05, 3.63) is 59.2 Å². The summed E-state index contributed by atoms with van der Waals surface area (Å²) in [7, 11) is 0. The summed E-state index contributed by atoms with van der Waals surface area (Å²) in [6.45, 7) is -0.00569. The molecule has 0 spiro atoms. The highest BCUT2D eigenvalue weighted by Crippen LogP contribution is 2.31. The molecule has 0 saturated carbocycles. The van der Waals surface area contributed by atoms with Crippen molar-refractivity contribution in [2.75, 3.05) is 5.32 Å². The minimum Gasteiger partial charge on any atom is -0.507 e. The number of anilines is 1. The average Bonchev–Trinajstić information content (AvgIpc) is 2.45. The topological polar surface area (TPSA) is 69.6 Å². The van der Waals surface area contributed by atoms with Crippen LogP contribution in [0.5, 0.6) is 5.75 Å². The van der Waals surface area contributed by atoms with Gasteiger partial charge < -0.3 is 15.5 Å². The summed E-state index contributed by atoms with van der Waals surface area (Å²) in [6.07, 6.45) is -4.44. The Labute approximate surface area is 123 Å². The van der Waals surface area contributed by atoms with Crippen molar-refractivity contribution in [3.8, 4) is 5.75 Å². The molecule has 3 N–H and O–H groups in total. The van der Waals surface area contributed by atoms with E-state index < -0.39 is 23.5 Å². The van der Waals surface area contributed by atoms with Crippen molar-refractivity contribution in [1.82, 2.24) is 0 Å². The molecule has 0 aliphatic heterocycles. The number of alkyl halides is 3. The molecular formula is C15H12F3NO3. The Morgan fingerprint density at radius 3 is 2.45 bits per heavy atom. The van der Waals surface area contributed by atoms with Gasteiger partial charge in [-0.25, -0.2) is 4.79 Å². The maximum Gasteiger partial charge on any atom is 0.416 e. The van der Waals surface area contributed by atoms with E-state index in [-0.39, 0.29) is 23.4 Å². The second-order valence-electron chi connectivity index (χ2n) is 4.55. The van der Waals surface area contributed by atoms with E-state index >= 15 is 0 Å². The van der Waals surface area contributed by atoms with E-state index in [1.807, 2.05) is 0 Å². The Balaban J connectivity index is 2.18. The summed E-state index contributed by atoms with van der Waals surface area (Å²) < 4.78 is 37.8. The molecule has 0 unspecified atom stereocenters. The number of phenols is 1. The van der Waals surface area contributed by atoms with Crippen molar-refractivity contribution >= 4 is 11.7 Å². The number of aromatic hydroxyl groups is 1. The highest BCUT2D eigenvalue weighted by molar-refractivity contribution is 5.91. The predicted molar refractivity (Wildman–Crippen MR) is 73.8 cm³/mol. The van der Waals surface area contributed by atoms with Gasteiger partial charge in [0.25, 0.3) is 0 Å². The van der Waals surface area contributed by atoms with Crippen molar-refractivity contribution < 1.29 is 28.2 Å². The zero-order valence-corrected chi connectivity index (χ0v) is 11.2. The fourth-order valence-electron chi connectivity index (χ4n) is 1.91. The summed E-state index contributed by atoms with van der Waals surface area (Å²) in [5, 5.41) is 21.4. The van der Waals surface area contributed by atoms with Gasteiger partial charge in [-0.2, -0.15) is 13.2 Å². The minimum atomic E-state index is -4.44. The van der Waals surface area contributed by atoms with Gasteiger partial charge in [-0.1, -0.05) is 18.2 Å². The summed E-state index contributed by atoms with van der Waals surface area (Å²) in [6, 6.07) is 8.79. The molecule has 0 aromatic heterocycles. The predicted octanol–water partition coefficient (Wildman–Crippen LogP) is 3.72. The first kappa shape index (κ1) is 15.7. The van der Waals surface area contributed by atoms with Gasteiger partial charge in [0, 0.05) is 17.8 Å². The minimum absolute atomic E-state index is 0.00569. The van der Waals surface area contributed by atoms with Gasteiger partial charge in [0.15, 0.2) is 0 Å². The number of hydrogen-bond donors (Lipinski definition) is 3. The van der Waals surface area contributed by atoms with Crippen LogP contribution in [0.15, 0.2) is 42.5 Å². The van der Waals surface area contributed by atoms with Crippen molar-refractivity contribution in [3.63, 3.8) is 0 Å². The molecule has 0 saturated heterocycles. The molecule has 2 rings (SSSR count). The van der Waals surface area contributed by atoms with Gasteiger partial charge >= 0.3 is 12.1 Å². The van der Waals surface area contributed by atoms with E-state index in [1.165, 1.54) is 30.3 Å². The molecule has 0 atom stereocenters. The number of hydrogen-bond acceptors (Lipinski definition) is 3. The average molecular weight is 311 g/mol. The lowest BCUT2D eigenvalue weighted by atomic mass is 10.1. The van der Waals surface area contributed by atoms with Crippen molar-refractivity contribution in [2.45, 2.75) is 12.7 Å². The molecular weight excluding hydrogens is 299 g/mol. The maximum absolute atomic E-state index is 12.6. The largest absolute Gasteiger partial charge is 0.507 e. The Morgan fingerprint density at radius 1 is 1.14 bits per heavy atom. The quantitative estimate of drug-likeness (QED) is 0.805. The van der Waals surface area contributed by atoms with E-state index in [1.54, 1.807) is 0 Å². The first-order valence-electron chi connectivity index (χ1n) is 6.24. The Morgan fingerprint density at radius 2 is 1.82 bits per heavy atom. The number of rotatable bonds is 4. The second kappa shape index (κ2) is 5.97. The van der Waals surface area contributed by atoms with Crippen LogP contribution in [0.25, 0.3) is 0 Å². The molecule has 0 bridgehead atoms. The summed E-state index contributed by atoms with van der Waals surface area (Å²) in [5.74, 6) is -1.69. The van der Waals surface area contributed by atoms with Gasteiger partial charge in [-0.3, -0.25) is 0 Å². The summed E-state index contributed by atoms with van der Waals surface area (Å²) >= 11 is 0. The fourth-order valence-corrected chi connectivity index (χ4v) is 1.91. The van der Waals surface area contributed by atoms with Crippen LogP contribution >= 0.6 is 0 Å². The first-order chi connectivity index (χ1) is 10.3. The van der Waals surface area contributed by atoms with Crippen LogP contribution < -0.4 is 5.32 Å². The van der Waals surface area contributed by atoms with E-state index in [4.69, 9.17) is 5.11 Å². The molecule has 116 valence electrons. The van der Waals surface area contributed by atoms with Crippen LogP contribution in [-0.2, 0) is 12.7 Å². The lowest BCUT2D eigenvalue weighted by Gasteiger charge is -2.12. The van der Waals surface area contributed by atoms with Gasteiger partial charge in [-0.05, 0) is 24.3 Å². The van der Waals surface area contributed by atoms with Crippen LogP contribution in [0, 0.1) is 0 Å². The molecule has 0 heterocycles. The molecule has 0 radical (unpaired) electrons. The number of halogens is 3. The van der Waals surface area contributed by atoms with Gasteiger partial charge in [0.2, 0.25) is 0 Å². The molecule has 2 aromatic rings. The maximum atomic E-state index is 12.6. The van der Waals surface area contributed by atoms with E-state index in [0.717, 1.165) is 12.1 Å². The van der Waals surface area contributed by atoms with Gasteiger partial charge in [0.05, 0.1) is 5.56 Å². The van der Waals surface area contributed by atoms with Crippen LogP contribution in [0.1, 0.15) is 21.5 Å². The third-order valence-corrected chi connectivity index (χ3v) is 3.02. The molecule has 0 aliphatic carbocycles. The highest BCUT2D eigenvalue weighted by Gasteiger charge is 2.30. The lowest BCUT2D eigenvalue weighted by Crippen LogP contribution is -2.07. The SMILES string of the molecule is O=C(O)c1cccc(CNc2cccc(C(F)(F)F)c2)c1O. The number of carboxylic acid groups (broad SMARTS) is 1. The molecule has 7 heteroatoms. The number of para-hydroxylation sites is 1. The summed E-state index contributed by atoms with van der Waals surface area (Å²) in [4.78, 5) is 10.9. The third kappa shape index (κ3) is 3.49. The third-order valence-electron chi connectivity index (χ3n) is 3.02. The normalized spacial score (nSPS) is 11.2. The van der Waals surface area contributed by atoms with Gasteiger partial charge in [0.1, 0.15) is 11.3 Å². The zero-order valence-electron chi connectivity index (χ0n) is 11.2. The first-order valence-corrected chi connectivity index (χ1v) is 6.24. The van der Waals surface area contributed by atoms with Crippen molar-refractivity contribution in [2.24, 2.45) is 0 Å². The van der Waals surface area contributed by atoms with E-state index in [2.05, 4.69) is 5.32 Å². The van der Waals surface area contributed by atoms with Crippen LogP contribution in [-0.4, -0.2) is 16.2 Å². The molecule has 4 nitrogen and oxygen atoms in total. The molecule has 22 heavy (non-hydrogen) atoms. The molecule has 0 amide bonds. The van der Waals surface area contributed by atoms with Crippen LogP contribution in [0.4, 0.5) is 18.9 Å². The Bertz CT molecular complexity index is 699. The number of nitrogens with one attached hydrogen (secondary N) is 1. The number of carboxylic acids is 1. The number of benzene rings is 2. The number of carbonyl (C=O) groups is 1. The van der Waals surface area contributed by atoms with Gasteiger partial charge in [-0.15, -0.1) is 0 Å². The summed E-state index contributed by atoms with van der Waals surface area (Å²) in [5.41, 5.74) is -0.559.